The van der Waals surface area contributed by atoms with Gasteiger partial charge in [-0.25, -0.2) is 0 Å². The number of hydrogen-bond acceptors (Lipinski definition) is 6. The van der Waals surface area contributed by atoms with E-state index in [1.54, 1.807) is 0 Å². The molecule has 120 valence electrons. The molecule has 1 aliphatic carbocycles. The smallest absolute Gasteiger partial charge is 0.119 e. The summed E-state index contributed by atoms with van der Waals surface area (Å²) in [5.41, 5.74) is -1.59. The van der Waals surface area contributed by atoms with Crippen LogP contribution in [0.15, 0.2) is 0 Å². The van der Waals surface area contributed by atoms with Crippen LogP contribution >= 0.6 is 0 Å². The van der Waals surface area contributed by atoms with Crippen molar-refractivity contribution < 1.29 is 30.3 Å². The fourth-order valence-corrected chi connectivity index (χ4v) is 2.36. The zero-order valence-corrected chi connectivity index (χ0v) is 12.2. The van der Waals surface area contributed by atoms with E-state index in [2.05, 4.69) is 0 Å². The Hall–Kier alpha value is -0.240. The van der Waals surface area contributed by atoms with Crippen molar-refractivity contribution in [3.05, 3.63) is 0 Å². The zero-order chi connectivity index (χ0) is 15.2. The number of aliphatic hydroxyl groups excluding tert-OH is 4. The highest BCUT2D eigenvalue weighted by Gasteiger charge is 2.51. The van der Waals surface area contributed by atoms with Crippen LogP contribution in [0.25, 0.3) is 0 Å². The van der Waals surface area contributed by atoms with Crippen molar-refractivity contribution in [2.75, 3.05) is 26.4 Å². The fourth-order valence-electron chi connectivity index (χ4n) is 2.36. The second-order valence-corrected chi connectivity index (χ2v) is 5.90. The monoisotopic (exact) mass is 292 g/mol. The standard InChI is InChI=1S/C8H14O3.C6H14O3/c9-6-3-1-2-4-8(6,10)7-5-11-7;1-2-6(3-7,4-8)5-9/h6-7,9-10H,1-5H2;7-9H,2-5H2,1H3. The zero-order valence-electron chi connectivity index (χ0n) is 12.2. The van der Waals surface area contributed by atoms with Crippen LogP contribution in [0.3, 0.4) is 0 Å². The maximum Gasteiger partial charge on any atom is 0.119 e. The lowest BCUT2D eigenvalue weighted by Gasteiger charge is -2.35. The van der Waals surface area contributed by atoms with Gasteiger partial charge in [0.1, 0.15) is 11.7 Å². The van der Waals surface area contributed by atoms with Crippen molar-refractivity contribution in [3.63, 3.8) is 0 Å². The second-order valence-electron chi connectivity index (χ2n) is 5.90. The van der Waals surface area contributed by atoms with E-state index in [-0.39, 0.29) is 25.9 Å². The number of hydrogen-bond donors (Lipinski definition) is 5. The molecule has 0 spiro atoms. The molecule has 5 N–H and O–H groups in total. The van der Waals surface area contributed by atoms with E-state index in [9.17, 15) is 10.2 Å². The van der Waals surface area contributed by atoms with Crippen molar-refractivity contribution in [3.8, 4) is 0 Å². The molecule has 1 saturated carbocycles. The molecule has 2 rings (SSSR count). The van der Waals surface area contributed by atoms with E-state index < -0.39 is 17.1 Å². The molecule has 20 heavy (non-hydrogen) atoms. The van der Waals surface area contributed by atoms with E-state index >= 15 is 0 Å². The summed E-state index contributed by atoms with van der Waals surface area (Å²) in [6, 6.07) is 0. The third-order valence-electron chi connectivity index (χ3n) is 4.53. The molecule has 3 atom stereocenters. The Morgan fingerprint density at radius 2 is 1.70 bits per heavy atom. The molecule has 2 aliphatic rings. The molecule has 0 aromatic heterocycles. The minimum Gasteiger partial charge on any atom is -0.396 e. The Morgan fingerprint density at radius 1 is 1.15 bits per heavy atom. The molecule has 0 radical (unpaired) electrons. The average Bonchev–Trinajstić information content (AvgIpc) is 3.31. The van der Waals surface area contributed by atoms with Gasteiger partial charge in [-0.2, -0.15) is 0 Å². The van der Waals surface area contributed by atoms with Gasteiger partial charge in [0, 0.05) is 5.41 Å². The topological polar surface area (TPSA) is 114 Å². The minimum atomic E-state index is -0.918. The molecule has 3 unspecified atom stereocenters. The van der Waals surface area contributed by atoms with Crippen molar-refractivity contribution >= 4 is 0 Å². The molecule has 1 aliphatic heterocycles. The molecular weight excluding hydrogens is 264 g/mol. The summed E-state index contributed by atoms with van der Waals surface area (Å²) in [5.74, 6) is 0. The average molecular weight is 292 g/mol. The number of aliphatic hydroxyl groups is 5. The van der Waals surface area contributed by atoms with E-state index in [0.29, 0.717) is 19.4 Å². The lowest BCUT2D eigenvalue weighted by molar-refractivity contribution is -0.114. The van der Waals surface area contributed by atoms with Crippen molar-refractivity contribution in [1.82, 2.24) is 0 Å². The Kier molecular flexibility index (Phi) is 6.84. The summed E-state index contributed by atoms with van der Waals surface area (Å²) in [6.45, 7) is 1.97. The first-order valence-corrected chi connectivity index (χ1v) is 7.32. The molecule has 6 nitrogen and oxygen atoms in total. The Labute approximate surface area is 120 Å². The predicted molar refractivity (Wildman–Crippen MR) is 73.1 cm³/mol. The maximum atomic E-state index is 9.90. The molecule has 1 saturated heterocycles. The van der Waals surface area contributed by atoms with Crippen LogP contribution in [0, 0.1) is 5.41 Å². The first-order valence-electron chi connectivity index (χ1n) is 7.32. The first-order chi connectivity index (χ1) is 9.48. The van der Waals surface area contributed by atoms with Crippen molar-refractivity contribution in [2.24, 2.45) is 5.41 Å². The van der Waals surface area contributed by atoms with Gasteiger partial charge in [0.15, 0.2) is 0 Å². The molecule has 0 amide bonds. The molecule has 0 aromatic rings. The van der Waals surface area contributed by atoms with Crippen LogP contribution in [0.4, 0.5) is 0 Å². The van der Waals surface area contributed by atoms with Crippen molar-refractivity contribution in [2.45, 2.75) is 56.8 Å². The van der Waals surface area contributed by atoms with Crippen LogP contribution in [0.5, 0.6) is 0 Å². The molecule has 1 heterocycles. The second kappa shape index (κ2) is 7.68. The maximum absolute atomic E-state index is 9.90. The lowest BCUT2D eigenvalue weighted by Crippen LogP contribution is -2.49. The largest absolute Gasteiger partial charge is 0.396 e. The van der Waals surface area contributed by atoms with E-state index in [1.165, 1.54) is 0 Å². The summed E-state index contributed by atoms with van der Waals surface area (Å²) in [4.78, 5) is 0. The van der Waals surface area contributed by atoms with Gasteiger partial charge in [-0.05, 0) is 19.3 Å². The van der Waals surface area contributed by atoms with Crippen LogP contribution < -0.4 is 0 Å². The highest BCUT2D eigenvalue weighted by molar-refractivity contribution is 5.01. The Bertz CT molecular complexity index is 259. The quantitative estimate of drug-likeness (QED) is 0.433. The van der Waals surface area contributed by atoms with Gasteiger partial charge >= 0.3 is 0 Å². The first kappa shape index (κ1) is 17.8. The summed E-state index contributed by atoms with van der Waals surface area (Å²) in [5, 5.41) is 45.4. The van der Waals surface area contributed by atoms with Gasteiger partial charge < -0.3 is 30.3 Å². The molecule has 0 aromatic carbocycles. The summed E-state index contributed by atoms with van der Waals surface area (Å²) < 4.78 is 5.01. The molecule has 2 fully saturated rings. The number of rotatable bonds is 5. The number of epoxide rings is 1. The van der Waals surface area contributed by atoms with Gasteiger partial charge in [0.05, 0.1) is 32.5 Å². The van der Waals surface area contributed by atoms with E-state index in [1.807, 2.05) is 6.92 Å². The summed E-state index contributed by atoms with van der Waals surface area (Å²) in [7, 11) is 0. The highest BCUT2D eigenvalue weighted by atomic mass is 16.6. The third-order valence-corrected chi connectivity index (χ3v) is 4.53. The van der Waals surface area contributed by atoms with E-state index in [4.69, 9.17) is 20.1 Å². The van der Waals surface area contributed by atoms with Crippen LogP contribution in [0.2, 0.25) is 0 Å². The van der Waals surface area contributed by atoms with Crippen molar-refractivity contribution in [1.29, 1.82) is 0 Å². The Balaban J connectivity index is 0.000000206. The van der Waals surface area contributed by atoms with Crippen LogP contribution in [-0.2, 0) is 4.74 Å². The molecule has 6 heteroatoms. The number of ether oxygens (including phenoxy) is 1. The minimum absolute atomic E-state index is 0.0854. The normalized spacial score (nSPS) is 33.3. The molecule has 0 bridgehead atoms. The van der Waals surface area contributed by atoms with Crippen LogP contribution in [-0.4, -0.2) is 69.8 Å². The summed E-state index contributed by atoms with van der Waals surface area (Å²) in [6.07, 6.45) is 3.39. The van der Waals surface area contributed by atoms with Gasteiger partial charge in [-0.1, -0.05) is 19.8 Å². The van der Waals surface area contributed by atoms with Gasteiger partial charge in [0.25, 0.3) is 0 Å². The Morgan fingerprint density at radius 3 is 2.00 bits per heavy atom. The van der Waals surface area contributed by atoms with Gasteiger partial charge in [0.2, 0.25) is 0 Å². The fraction of sp³-hybridized carbons (Fsp3) is 1.00. The van der Waals surface area contributed by atoms with Gasteiger partial charge in [-0.3, -0.25) is 0 Å². The predicted octanol–water partition coefficient (Wildman–Crippen LogP) is -0.589. The summed E-state index contributed by atoms with van der Waals surface area (Å²) >= 11 is 0. The van der Waals surface area contributed by atoms with Gasteiger partial charge in [-0.15, -0.1) is 0 Å². The van der Waals surface area contributed by atoms with E-state index in [0.717, 1.165) is 19.3 Å². The lowest BCUT2D eigenvalue weighted by atomic mass is 9.80. The highest BCUT2D eigenvalue weighted by Crippen LogP contribution is 2.37. The van der Waals surface area contributed by atoms with Crippen LogP contribution in [0.1, 0.15) is 39.0 Å². The molecular formula is C14H28O6. The SMILES string of the molecule is CCC(CO)(CO)CO.OC1CCCCC1(O)C1CO1. The third kappa shape index (κ3) is 4.13.